The number of ketones is 1. The number of H-pyrrole nitrogens is 1. The minimum atomic E-state index is 0.00457. The molecule has 22 heavy (non-hydrogen) atoms. The van der Waals surface area contributed by atoms with E-state index in [1.54, 1.807) is 0 Å². The number of aromatic amines is 1. The SMILES string of the molecule is CCCNC(=O)N1CCN(CC(=O)c2cc(C)[nH]c2C)CC1. The molecule has 2 heterocycles. The molecule has 6 nitrogen and oxygen atoms in total. The van der Waals surface area contributed by atoms with E-state index in [9.17, 15) is 9.59 Å². The average molecular weight is 306 g/mol. The molecule has 1 aliphatic heterocycles. The van der Waals surface area contributed by atoms with Crippen LogP contribution in [0, 0.1) is 13.8 Å². The number of aryl methyl sites for hydroxylation is 2. The topological polar surface area (TPSA) is 68.4 Å². The lowest BCUT2D eigenvalue weighted by Gasteiger charge is -2.34. The number of piperazine rings is 1. The highest BCUT2D eigenvalue weighted by molar-refractivity contribution is 5.98. The molecule has 2 N–H and O–H groups in total. The zero-order valence-corrected chi connectivity index (χ0v) is 13.7. The van der Waals surface area contributed by atoms with Gasteiger partial charge in [0.1, 0.15) is 0 Å². The Kier molecular flexibility index (Phi) is 5.60. The second-order valence-electron chi connectivity index (χ2n) is 5.91. The van der Waals surface area contributed by atoms with Crippen molar-refractivity contribution >= 4 is 11.8 Å². The number of aromatic nitrogens is 1. The molecule has 0 aromatic carbocycles. The summed E-state index contributed by atoms with van der Waals surface area (Å²) in [5.74, 6) is 0.144. The maximum atomic E-state index is 12.3. The first kappa shape index (κ1) is 16.5. The van der Waals surface area contributed by atoms with E-state index < -0.39 is 0 Å². The van der Waals surface area contributed by atoms with Crippen molar-refractivity contribution in [1.29, 1.82) is 0 Å². The van der Waals surface area contributed by atoms with Crippen LogP contribution in [0.15, 0.2) is 6.07 Å². The average Bonchev–Trinajstić information content (AvgIpc) is 2.84. The molecule has 0 saturated carbocycles. The molecule has 1 aliphatic rings. The van der Waals surface area contributed by atoms with Gasteiger partial charge in [0.05, 0.1) is 6.54 Å². The number of rotatable bonds is 5. The Bertz CT molecular complexity index is 530. The van der Waals surface area contributed by atoms with Crippen LogP contribution in [0.4, 0.5) is 4.79 Å². The molecule has 0 atom stereocenters. The van der Waals surface area contributed by atoms with Crippen LogP contribution in [0.3, 0.4) is 0 Å². The van der Waals surface area contributed by atoms with E-state index in [4.69, 9.17) is 0 Å². The fourth-order valence-electron chi connectivity index (χ4n) is 2.75. The summed E-state index contributed by atoms with van der Waals surface area (Å²) in [5.41, 5.74) is 2.72. The number of hydrogen-bond donors (Lipinski definition) is 2. The van der Waals surface area contributed by atoms with E-state index in [0.717, 1.165) is 36.5 Å². The molecule has 2 rings (SSSR count). The van der Waals surface area contributed by atoms with Gasteiger partial charge in [-0.15, -0.1) is 0 Å². The second-order valence-corrected chi connectivity index (χ2v) is 5.91. The third-order valence-electron chi connectivity index (χ3n) is 4.00. The first-order valence-electron chi connectivity index (χ1n) is 7.95. The number of nitrogens with one attached hydrogen (secondary N) is 2. The predicted molar refractivity (Wildman–Crippen MR) is 86.3 cm³/mol. The second kappa shape index (κ2) is 7.45. The zero-order chi connectivity index (χ0) is 16.1. The summed E-state index contributed by atoms with van der Waals surface area (Å²) < 4.78 is 0. The summed E-state index contributed by atoms with van der Waals surface area (Å²) in [6, 6.07) is 1.91. The van der Waals surface area contributed by atoms with Gasteiger partial charge in [-0.1, -0.05) is 6.92 Å². The normalized spacial score (nSPS) is 15.9. The Hall–Kier alpha value is -1.82. The lowest BCUT2D eigenvalue weighted by molar-refractivity contribution is 0.0878. The molecule has 0 aliphatic carbocycles. The van der Waals surface area contributed by atoms with Gasteiger partial charge in [-0.05, 0) is 26.3 Å². The van der Waals surface area contributed by atoms with Crippen LogP contribution in [-0.2, 0) is 0 Å². The van der Waals surface area contributed by atoms with Gasteiger partial charge in [-0.3, -0.25) is 9.69 Å². The number of Topliss-reactive ketones (excluding diaryl/α,β-unsaturated/α-hetero) is 1. The van der Waals surface area contributed by atoms with E-state index in [-0.39, 0.29) is 11.8 Å². The smallest absolute Gasteiger partial charge is 0.317 e. The van der Waals surface area contributed by atoms with Gasteiger partial charge in [-0.25, -0.2) is 4.79 Å². The highest BCUT2D eigenvalue weighted by Crippen LogP contribution is 2.12. The van der Waals surface area contributed by atoms with Crippen molar-refractivity contribution in [3.63, 3.8) is 0 Å². The highest BCUT2D eigenvalue weighted by atomic mass is 16.2. The number of hydrogen-bond acceptors (Lipinski definition) is 3. The van der Waals surface area contributed by atoms with Crippen molar-refractivity contribution < 1.29 is 9.59 Å². The first-order valence-corrected chi connectivity index (χ1v) is 7.95. The Morgan fingerprint density at radius 3 is 2.45 bits per heavy atom. The molecular weight excluding hydrogens is 280 g/mol. The summed E-state index contributed by atoms with van der Waals surface area (Å²) >= 11 is 0. The van der Waals surface area contributed by atoms with Gasteiger partial charge in [-0.2, -0.15) is 0 Å². The minimum Gasteiger partial charge on any atom is -0.362 e. The molecule has 2 amide bonds. The molecule has 0 unspecified atom stereocenters. The van der Waals surface area contributed by atoms with Crippen molar-refractivity contribution in [1.82, 2.24) is 20.1 Å². The largest absolute Gasteiger partial charge is 0.362 e. The summed E-state index contributed by atoms with van der Waals surface area (Å²) in [4.78, 5) is 31.3. The Morgan fingerprint density at radius 2 is 1.91 bits per heavy atom. The fourth-order valence-corrected chi connectivity index (χ4v) is 2.75. The number of nitrogens with zero attached hydrogens (tertiary/aromatic N) is 2. The van der Waals surface area contributed by atoms with Crippen LogP contribution >= 0.6 is 0 Å². The van der Waals surface area contributed by atoms with Crippen LogP contribution in [0.25, 0.3) is 0 Å². The quantitative estimate of drug-likeness (QED) is 0.811. The molecule has 1 aromatic rings. The van der Waals surface area contributed by atoms with Crippen LogP contribution in [-0.4, -0.2) is 65.9 Å². The third-order valence-corrected chi connectivity index (χ3v) is 4.00. The molecule has 0 spiro atoms. The van der Waals surface area contributed by atoms with Crippen molar-refractivity contribution in [3.8, 4) is 0 Å². The predicted octanol–water partition coefficient (Wildman–Crippen LogP) is 1.55. The maximum Gasteiger partial charge on any atom is 0.317 e. The summed E-state index contributed by atoms with van der Waals surface area (Å²) in [6.45, 7) is 9.89. The van der Waals surface area contributed by atoms with Gasteiger partial charge in [0, 0.05) is 49.7 Å². The Labute approximate surface area is 131 Å². The third kappa shape index (κ3) is 4.10. The number of urea groups is 1. The van der Waals surface area contributed by atoms with Gasteiger partial charge in [0.2, 0.25) is 0 Å². The molecular formula is C16H26N4O2. The van der Waals surface area contributed by atoms with Crippen molar-refractivity contribution in [3.05, 3.63) is 23.0 Å². The van der Waals surface area contributed by atoms with Gasteiger partial charge in [0.15, 0.2) is 5.78 Å². The molecule has 0 bridgehead atoms. The summed E-state index contributed by atoms with van der Waals surface area (Å²) in [7, 11) is 0. The van der Waals surface area contributed by atoms with Gasteiger partial charge in [0.25, 0.3) is 0 Å². The molecule has 1 aromatic heterocycles. The molecule has 1 saturated heterocycles. The van der Waals surface area contributed by atoms with E-state index in [1.807, 2.05) is 31.7 Å². The Balaban J connectivity index is 1.81. The first-order chi connectivity index (χ1) is 10.5. The monoisotopic (exact) mass is 306 g/mol. The minimum absolute atomic E-state index is 0.00457. The summed E-state index contributed by atoms with van der Waals surface area (Å²) in [5, 5.41) is 2.89. The number of carbonyl (C=O) groups excluding carboxylic acids is 2. The molecule has 122 valence electrons. The molecule has 6 heteroatoms. The van der Waals surface area contributed by atoms with E-state index >= 15 is 0 Å². The molecule has 1 fully saturated rings. The van der Waals surface area contributed by atoms with Crippen LogP contribution in [0.1, 0.15) is 35.1 Å². The summed E-state index contributed by atoms with van der Waals surface area (Å²) in [6.07, 6.45) is 0.940. The van der Waals surface area contributed by atoms with E-state index in [0.29, 0.717) is 26.2 Å². The lowest BCUT2D eigenvalue weighted by Crippen LogP contribution is -2.52. The van der Waals surface area contributed by atoms with Crippen LogP contribution in [0.2, 0.25) is 0 Å². The van der Waals surface area contributed by atoms with Crippen molar-refractivity contribution in [2.24, 2.45) is 0 Å². The van der Waals surface area contributed by atoms with Gasteiger partial charge >= 0.3 is 6.03 Å². The standard InChI is InChI=1S/C16H26N4O2/c1-4-5-17-16(22)20-8-6-19(7-9-20)11-15(21)14-10-12(2)18-13(14)3/h10,18H,4-9,11H2,1-3H3,(H,17,22). The number of amides is 2. The maximum absolute atomic E-state index is 12.3. The van der Waals surface area contributed by atoms with Crippen molar-refractivity contribution in [2.75, 3.05) is 39.3 Å². The fraction of sp³-hybridized carbons (Fsp3) is 0.625. The van der Waals surface area contributed by atoms with Crippen molar-refractivity contribution in [2.45, 2.75) is 27.2 Å². The van der Waals surface area contributed by atoms with E-state index in [2.05, 4.69) is 15.2 Å². The van der Waals surface area contributed by atoms with E-state index in [1.165, 1.54) is 0 Å². The lowest BCUT2D eigenvalue weighted by atomic mass is 10.1. The van der Waals surface area contributed by atoms with Gasteiger partial charge < -0.3 is 15.2 Å². The van der Waals surface area contributed by atoms with Crippen LogP contribution in [0.5, 0.6) is 0 Å². The number of carbonyl (C=O) groups is 2. The van der Waals surface area contributed by atoms with Crippen LogP contribution < -0.4 is 5.32 Å². The highest BCUT2D eigenvalue weighted by Gasteiger charge is 2.23. The Morgan fingerprint density at radius 1 is 1.23 bits per heavy atom. The molecule has 0 radical (unpaired) electrons. The zero-order valence-electron chi connectivity index (χ0n) is 13.7.